The molecule has 0 saturated heterocycles. The lowest BCUT2D eigenvalue weighted by Crippen LogP contribution is -1.99. The average Bonchev–Trinajstić information content (AvgIpc) is 2.79. The first-order valence-electron chi connectivity index (χ1n) is 5.92. The summed E-state index contributed by atoms with van der Waals surface area (Å²) in [5.41, 5.74) is 2.80. The van der Waals surface area contributed by atoms with Crippen LogP contribution in [0.15, 0.2) is 45.6 Å². The summed E-state index contributed by atoms with van der Waals surface area (Å²) in [5.74, 6) is -0.921. The van der Waals surface area contributed by atoms with Crippen molar-refractivity contribution in [2.75, 3.05) is 5.32 Å². The lowest BCUT2D eigenvalue weighted by Gasteiger charge is -2.07. The topological polar surface area (TPSA) is 58.0 Å². The summed E-state index contributed by atoms with van der Waals surface area (Å²) in [6.45, 7) is 0.494. The van der Waals surface area contributed by atoms with Crippen molar-refractivity contribution in [1.82, 2.24) is 4.98 Å². The Morgan fingerprint density at radius 2 is 2.10 bits per heavy atom. The number of halogens is 2. The molecule has 0 aliphatic carbocycles. The van der Waals surface area contributed by atoms with Gasteiger partial charge >= 0.3 is 5.76 Å². The molecular weight excluding hydrogens is 283 g/mol. The Hall–Kier alpha value is -2.27. The van der Waals surface area contributed by atoms with E-state index in [-0.39, 0.29) is 5.02 Å². The fraction of sp³-hybridized carbons (Fsp3) is 0.0714. The molecule has 0 aliphatic heterocycles. The molecule has 20 heavy (non-hydrogen) atoms. The second-order valence-corrected chi connectivity index (χ2v) is 4.73. The summed E-state index contributed by atoms with van der Waals surface area (Å²) < 4.78 is 18.0. The summed E-state index contributed by atoms with van der Waals surface area (Å²) in [4.78, 5) is 13.6. The van der Waals surface area contributed by atoms with Crippen LogP contribution in [0.25, 0.3) is 11.1 Å². The standard InChI is InChI=1S/C14H10ClFN2O2/c15-10-5-8(1-3-11(10)16)7-17-9-2-4-13-12(6-9)18-14(19)20-13/h1-6,17H,7H2,(H,18,19). The number of aromatic nitrogens is 1. The van der Waals surface area contributed by atoms with Gasteiger partial charge in [0, 0.05) is 12.2 Å². The van der Waals surface area contributed by atoms with Gasteiger partial charge in [-0.15, -0.1) is 0 Å². The molecule has 0 atom stereocenters. The first-order chi connectivity index (χ1) is 9.61. The summed E-state index contributed by atoms with van der Waals surface area (Å²) >= 11 is 5.72. The van der Waals surface area contributed by atoms with Crippen LogP contribution in [0.3, 0.4) is 0 Å². The van der Waals surface area contributed by atoms with Gasteiger partial charge in [-0.25, -0.2) is 9.18 Å². The van der Waals surface area contributed by atoms with Crippen LogP contribution in [0.1, 0.15) is 5.56 Å². The highest BCUT2D eigenvalue weighted by Gasteiger charge is 2.03. The maximum Gasteiger partial charge on any atom is 0.417 e. The van der Waals surface area contributed by atoms with E-state index in [0.29, 0.717) is 17.6 Å². The molecule has 1 aromatic heterocycles. The zero-order valence-electron chi connectivity index (χ0n) is 10.2. The van der Waals surface area contributed by atoms with Crippen LogP contribution in [0, 0.1) is 5.82 Å². The second-order valence-electron chi connectivity index (χ2n) is 4.33. The fourth-order valence-corrected chi connectivity index (χ4v) is 2.12. The molecule has 0 aliphatic rings. The molecule has 1 heterocycles. The molecule has 0 unspecified atom stereocenters. The minimum absolute atomic E-state index is 0.0962. The number of hydrogen-bond acceptors (Lipinski definition) is 3. The van der Waals surface area contributed by atoms with E-state index in [1.807, 2.05) is 0 Å². The zero-order chi connectivity index (χ0) is 14.1. The summed E-state index contributed by atoms with van der Waals surface area (Å²) in [5, 5.41) is 3.26. The smallest absolute Gasteiger partial charge is 0.408 e. The van der Waals surface area contributed by atoms with Gasteiger partial charge in [-0.05, 0) is 35.9 Å². The van der Waals surface area contributed by atoms with Gasteiger partial charge in [0.2, 0.25) is 0 Å². The number of H-pyrrole nitrogens is 1. The van der Waals surface area contributed by atoms with E-state index in [1.165, 1.54) is 6.07 Å². The molecule has 0 spiro atoms. The van der Waals surface area contributed by atoms with Crippen molar-refractivity contribution in [3.8, 4) is 0 Å². The highest BCUT2D eigenvalue weighted by molar-refractivity contribution is 6.30. The maximum atomic E-state index is 13.0. The first-order valence-corrected chi connectivity index (χ1v) is 6.30. The SMILES string of the molecule is O=c1[nH]c2cc(NCc3ccc(F)c(Cl)c3)ccc2o1. The van der Waals surface area contributed by atoms with Gasteiger partial charge in [-0.2, -0.15) is 0 Å². The molecule has 0 radical (unpaired) electrons. The van der Waals surface area contributed by atoms with Gasteiger partial charge < -0.3 is 9.73 Å². The number of hydrogen-bond donors (Lipinski definition) is 2. The van der Waals surface area contributed by atoms with Crippen molar-refractivity contribution in [2.24, 2.45) is 0 Å². The third-order valence-corrected chi connectivity index (χ3v) is 3.19. The van der Waals surface area contributed by atoms with Crippen LogP contribution in [0.2, 0.25) is 5.02 Å². The van der Waals surface area contributed by atoms with Crippen molar-refractivity contribution in [1.29, 1.82) is 0 Å². The number of nitrogens with one attached hydrogen (secondary N) is 2. The Labute approximate surface area is 118 Å². The Morgan fingerprint density at radius 3 is 2.90 bits per heavy atom. The Balaban J connectivity index is 1.78. The van der Waals surface area contributed by atoms with Gasteiger partial charge in [0.15, 0.2) is 5.58 Å². The molecule has 2 N–H and O–H groups in total. The maximum absolute atomic E-state index is 13.0. The van der Waals surface area contributed by atoms with Gasteiger partial charge in [0.1, 0.15) is 5.82 Å². The van der Waals surface area contributed by atoms with E-state index in [2.05, 4.69) is 10.3 Å². The monoisotopic (exact) mass is 292 g/mol. The van der Waals surface area contributed by atoms with Crippen LogP contribution in [-0.2, 0) is 6.54 Å². The highest BCUT2D eigenvalue weighted by Crippen LogP contribution is 2.19. The van der Waals surface area contributed by atoms with Crippen molar-refractivity contribution in [2.45, 2.75) is 6.54 Å². The van der Waals surface area contributed by atoms with E-state index in [9.17, 15) is 9.18 Å². The molecule has 3 rings (SSSR count). The summed E-state index contributed by atoms with van der Waals surface area (Å²) in [7, 11) is 0. The Morgan fingerprint density at radius 1 is 1.25 bits per heavy atom. The van der Waals surface area contributed by atoms with E-state index in [0.717, 1.165) is 11.3 Å². The van der Waals surface area contributed by atoms with Crippen LogP contribution in [-0.4, -0.2) is 4.98 Å². The van der Waals surface area contributed by atoms with Gasteiger partial charge in [-0.3, -0.25) is 4.98 Å². The molecule has 102 valence electrons. The van der Waals surface area contributed by atoms with Crippen LogP contribution in [0.5, 0.6) is 0 Å². The number of benzene rings is 2. The lowest BCUT2D eigenvalue weighted by molar-refractivity contribution is 0.555. The van der Waals surface area contributed by atoms with Crippen molar-refractivity contribution < 1.29 is 8.81 Å². The van der Waals surface area contributed by atoms with Crippen LogP contribution < -0.4 is 11.1 Å². The first kappa shape index (κ1) is 12.7. The summed E-state index contributed by atoms with van der Waals surface area (Å²) in [6, 6.07) is 9.83. The number of fused-ring (bicyclic) bond motifs is 1. The van der Waals surface area contributed by atoms with E-state index >= 15 is 0 Å². The second kappa shape index (κ2) is 5.02. The molecule has 0 amide bonds. The van der Waals surface area contributed by atoms with Crippen LogP contribution >= 0.6 is 11.6 Å². The predicted molar refractivity (Wildman–Crippen MR) is 75.6 cm³/mol. The Kier molecular flexibility index (Phi) is 3.20. The quantitative estimate of drug-likeness (QED) is 0.776. The van der Waals surface area contributed by atoms with Crippen molar-refractivity contribution in [3.63, 3.8) is 0 Å². The minimum Gasteiger partial charge on any atom is -0.408 e. The number of aromatic amines is 1. The molecule has 6 heteroatoms. The predicted octanol–water partition coefficient (Wildman–Crippen LogP) is 3.53. The van der Waals surface area contributed by atoms with Gasteiger partial charge in [0.25, 0.3) is 0 Å². The van der Waals surface area contributed by atoms with E-state index in [1.54, 1.807) is 30.3 Å². The van der Waals surface area contributed by atoms with E-state index in [4.69, 9.17) is 16.0 Å². The molecular formula is C14H10ClFN2O2. The largest absolute Gasteiger partial charge is 0.417 e. The third kappa shape index (κ3) is 2.53. The third-order valence-electron chi connectivity index (χ3n) is 2.90. The molecule has 3 aromatic rings. The molecule has 0 saturated carbocycles. The molecule has 0 fully saturated rings. The molecule has 4 nitrogen and oxygen atoms in total. The zero-order valence-corrected chi connectivity index (χ0v) is 11.0. The van der Waals surface area contributed by atoms with Gasteiger partial charge in [-0.1, -0.05) is 17.7 Å². The molecule has 2 aromatic carbocycles. The number of oxazole rings is 1. The minimum atomic E-state index is -0.484. The normalized spacial score (nSPS) is 10.9. The van der Waals surface area contributed by atoms with E-state index < -0.39 is 11.6 Å². The van der Waals surface area contributed by atoms with Gasteiger partial charge in [0.05, 0.1) is 10.5 Å². The fourth-order valence-electron chi connectivity index (χ4n) is 1.92. The highest BCUT2D eigenvalue weighted by atomic mass is 35.5. The Bertz CT molecular complexity index is 825. The summed E-state index contributed by atoms with van der Waals surface area (Å²) in [6.07, 6.45) is 0. The van der Waals surface area contributed by atoms with Crippen molar-refractivity contribution in [3.05, 3.63) is 63.4 Å². The number of anilines is 1. The molecule has 0 bridgehead atoms. The van der Waals surface area contributed by atoms with Crippen LogP contribution in [0.4, 0.5) is 10.1 Å². The van der Waals surface area contributed by atoms with Crippen molar-refractivity contribution >= 4 is 28.4 Å². The number of rotatable bonds is 3. The average molecular weight is 293 g/mol. The lowest BCUT2D eigenvalue weighted by atomic mass is 10.2.